The summed E-state index contributed by atoms with van der Waals surface area (Å²) >= 11 is 0. The molecule has 0 radical (unpaired) electrons. The number of amides is 1. The molecule has 0 saturated carbocycles. The number of hydrogen-bond acceptors (Lipinski definition) is 4. The van der Waals surface area contributed by atoms with E-state index in [1.165, 1.54) is 6.42 Å². The number of nitrogens with one attached hydrogen (secondary N) is 1. The molecule has 1 unspecified atom stereocenters. The van der Waals surface area contributed by atoms with Crippen molar-refractivity contribution < 1.29 is 4.79 Å². The lowest BCUT2D eigenvalue weighted by Gasteiger charge is -2.13. The molecule has 0 aromatic carbocycles. The van der Waals surface area contributed by atoms with E-state index in [-0.39, 0.29) is 30.7 Å². The summed E-state index contributed by atoms with van der Waals surface area (Å²) in [4.78, 5) is 18.5. The first kappa shape index (κ1) is 20.1. The van der Waals surface area contributed by atoms with Gasteiger partial charge in [-0.1, -0.05) is 6.92 Å². The Morgan fingerprint density at radius 1 is 1.52 bits per heavy atom. The van der Waals surface area contributed by atoms with Crippen LogP contribution in [0.2, 0.25) is 0 Å². The SMILES string of the molecule is CCN1CCC(CNC(=O)c2ccnc(CN)c2)C1.Cl.Cl. The molecular weight excluding hydrogens is 311 g/mol. The molecular formula is C14H24Cl2N4O. The number of aromatic nitrogens is 1. The van der Waals surface area contributed by atoms with Crippen LogP contribution < -0.4 is 11.1 Å². The summed E-state index contributed by atoms with van der Waals surface area (Å²) in [5.41, 5.74) is 6.90. The number of halogens is 2. The van der Waals surface area contributed by atoms with E-state index < -0.39 is 0 Å². The maximum absolute atomic E-state index is 12.0. The normalized spacial score (nSPS) is 17.7. The minimum Gasteiger partial charge on any atom is -0.352 e. The van der Waals surface area contributed by atoms with Crippen molar-refractivity contribution in [3.8, 4) is 0 Å². The lowest BCUT2D eigenvalue weighted by Crippen LogP contribution is -2.31. The van der Waals surface area contributed by atoms with Crippen LogP contribution in [-0.2, 0) is 6.54 Å². The third kappa shape index (κ3) is 5.79. The van der Waals surface area contributed by atoms with Crippen molar-refractivity contribution in [2.75, 3.05) is 26.2 Å². The smallest absolute Gasteiger partial charge is 0.251 e. The molecule has 1 aliphatic heterocycles. The number of hydrogen-bond donors (Lipinski definition) is 2. The highest BCUT2D eigenvalue weighted by Crippen LogP contribution is 2.14. The van der Waals surface area contributed by atoms with Crippen LogP contribution in [0.3, 0.4) is 0 Å². The average Bonchev–Trinajstić information content (AvgIpc) is 2.93. The Bertz CT molecular complexity index is 445. The van der Waals surface area contributed by atoms with Gasteiger partial charge in [0, 0.05) is 31.4 Å². The Balaban J connectivity index is 0.00000200. The second kappa shape index (κ2) is 9.95. The summed E-state index contributed by atoms with van der Waals surface area (Å²) in [5, 5.41) is 3.00. The fourth-order valence-electron chi connectivity index (χ4n) is 2.44. The summed E-state index contributed by atoms with van der Waals surface area (Å²) in [7, 11) is 0. The van der Waals surface area contributed by atoms with Crippen molar-refractivity contribution >= 4 is 30.7 Å². The summed E-state index contributed by atoms with van der Waals surface area (Å²) in [6.45, 7) is 6.59. The van der Waals surface area contributed by atoms with Crippen LogP contribution in [0.1, 0.15) is 29.4 Å². The third-order valence-corrected chi connectivity index (χ3v) is 3.66. The van der Waals surface area contributed by atoms with Crippen LogP contribution in [0.15, 0.2) is 18.3 Å². The number of carbonyl (C=O) groups excluding carboxylic acids is 1. The van der Waals surface area contributed by atoms with Gasteiger partial charge in [0.05, 0.1) is 5.69 Å². The fraction of sp³-hybridized carbons (Fsp3) is 0.571. The van der Waals surface area contributed by atoms with E-state index in [1.807, 2.05) is 0 Å². The molecule has 21 heavy (non-hydrogen) atoms. The van der Waals surface area contributed by atoms with Crippen molar-refractivity contribution in [3.63, 3.8) is 0 Å². The molecule has 2 rings (SSSR count). The first-order valence-electron chi connectivity index (χ1n) is 6.88. The average molecular weight is 335 g/mol. The highest BCUT2D eigenvalue weighted by molar-refractivity contribution is 5.94. The number of likely N-dealkylation sites (tertiary alicyclic amines) is 1. The highest BCUT2D eigenvalue weighted by Gasteiger charge is 2.21. The zero-order valence-corrected chi connectivity index (χ0v) is 13.9. The van der Waals surface area contributed by atoms with E-state index in [0.717, 1.165) is 31.9 Å². The van der Waals surface area contributed by atoms with Gasteiger partial charge >= 0.3 is 0 Å². The number of rotatable bonds is 5. The molecule has 120 valence electrons. The van der Waals surface area contributed by atoms with Gasteiger partial charge in [0.1, 0.15) is 0 Å². The Kier molecular flexibility index (Phi) is 9.53. The van der Waals surface area contributed by atoms with Gasteiger partial charge in [0.15, 0.2) is 0 Å². The van der Waals surface area contributed by atoms with Gasteiger partial charge in [-0.3, -0.25) is 9.78 Å². The quantitative estimate of drug-likeness (QED) is 0.855. The molecule has 1 fully saturated rings. The molecule has 1 saturated heterocycles. The van der Waals surface area contributed by atoms with Gasteiger partial charge in [0.2, 0.25) is 0 Å². The van der Waals surface area contributed by atoms with Gasteiger partial charge < -0.3 is 16.0 Å². The lowest BCUT2D eigenvalue weighted by atomic mass is 10.1. The number of carbonyl (C=O) groups is 1. The van der Waals surface area contributed by atoms with E-state index in [9.17, 15) is 4.79 Å². The largest absolute Gasteiger partial charge is 0.352 e. The van der Waals surface area contributed by atoms with Crippen molar-refractivity contribution in [2.24, 2.45) is 11.7 Å². The van der Waals surface area contributed by atoms with Gasteiger partial charge in [0.25, 0.3) is 5.91 Å². The van der Waals surface area contributed by atoms with Crippen LogP contribution in [-0.4, -0.2) is 42.0 Å². The topological polar surface area (TPSA) is 71.2 Å². The van der Waals surface area contributed by atoms with Crippen molar-refractivity contribution in [3.05, 3.63) is 29.6 Å². The summed E-state index contributed by atoms with van der Waals surface area (Å²) in [6.07, 6.45) is 2.80. The Hall–Kier alpha value is -0.880. The van der Waals surface area contributed by atoms with Crippen LogP contribution >= 0.6 is 24.8 Å². The fourth-order valence-corrected chi connectivity index (χ4v) is 2.44. The molecule has 3 N–H and O–H groups in total. The Morgan fingerprint density at radius 3 is 2.90 bits per heavy atom. The maximum Gasteiger partial charge on any atom is 0.251 e. The van der Waals surface area contributed by atoms with Gasteiger partial charge in [-0.05, 0) is 37.6 Å². The third-order valence-electron chi connectivity index (χ3n) is 3.66. The van der Waals surface area contributed by atoms with Gasteiger partial charge in [-0.2, -0.15) is 0 Å². The van der Waals surface area contributed by atoms with Crippen LogP contribution in [0.5, 0.6) is 0 Å². The highest BCUT2D eigenvalue weighted by atomic mass is 35.5. The molecule has 5 nitrogen and oxygen atoms in total. The van der Waals surface area contributed by atoms with E-state index in [2.05, 4.69) is 22.1 Å². The second-order valence-electron chi connectivity index (χ2n) is 5.00. The van der Waals surface area contributed by atoms with E-state index in [1.54, 1.807) is 18.3 Å². The van der Waals surface area contributed by atoms with Crippen LogP contribution in [0.4, 0.5) is 0 Å². The molecule has 0 spiro atoms. The molecule has 1 atom stereocenters. The molecule has 0 bridgehead atoms. The molecule has 1 amide bonds. The minimum atomic E-state index is -0.0351. The summed E-state index contributed by atoms with van der Waals surface area (Å²) < 4.78 is 0. The molecule has 0 aliphatic carbocycles. The monoisotopic (exact) mass is 334 g/mol. The number of nitrogens with zero attached hydrogens (tertiary/aromatic N) is 2. The van der Waals surface area contributed by atoms with E-state index in [0.29, 0.717) is 18.0 Å². The molecule has 1 aromatic heterocycles. The number of nitrogens with two attached hydrogens (primary N) is 1. The predicted molar refractivity (Wildman–Crippen MR) is 89.2 cm³/mol. The standard InChI is InChI=1S/C14H22N4O.2ClH/c1-2-18-6-4-11(10-18)9-17-14(19)12-3-5-16-13(7-12)8-15;;/h3,5,7,11H,2,4,6,8-10,15H2,1H3,(H,17,19);2*1H. The minimum absolute atomic E-state index is 0. The number of pyridine rings is 1. The van der Waals surface area contributed by atoms with Gasteiger partial charge in [-0.25, -0.2) is 0 Å². The van der Waals surface area contributed by atoms with E-state index in [4.69, 9.17) is 5.73 Å². The van der Waals surface area contributed by atoms with Crippen molar-refractivity contribution in [2.45, 2.75) is 19.9 Å². The molecule has 1 aliphatic rings. The maximum atomic E-state index is 12.0. The zero-order chi connectivity index (χ0) is 13.7. The summed E-state index contributed by atoms with van der Waals surface area (Å²) in [6, 6.07) is 3.48. The van der Waals surface area contributed by atoms with Crippen LogP contribution in [0, 0.1) is 5.92 Å². The van der Waals surface area contributed by atoms with Crippen LogP contribution in [0.25, 0.3) is 0 Å². The van der Waals surface area contributed by atoms with Gasteiger partial charge in [-0.15, -0.1) is 24.8 Å². The molecule has 1 aromatic rings. The summed E-state index contributed by atoms with van der Waals surface area (Å²) in [5.74, 6) is 0.534. The Morgan fingerprint density at radius 2 is 2.29 bits per heavy atom. The predicted octanol–water partition coefficient (Wildman–Crippen LogP) is 1.46. The first-order chi connectivity index (χ1) is 9.22. The zero-order valence-electron chi connectivity index (χ0n) is 12.2. The van der Waals surface area contributed by atoms with E-state index >= 15 is 0 Å². The Labute approximate surface area is 138 Å². The van der Waals surface area contributed by atoms with Crippen molar-refractivity contribution in [1.82, 2.24) is 15.2 Å². The van der Waals surface area contributed by atoms with Crippen molar-refractivity contribution in [1.29, 1.82) is 0 Å². The lowest BCUT2D eigenvalue weighted by molar-refractivity contribution is 0.0947. The first-order valence-corrected chi connectivity index (χ1v) is 6.88. The molecule has 2 heterocycles. The second-order valence-corrected chi connectivity index (χ2v) is 5.00. The molecule has 7 heteroatoms.